The smallest absolute Gasteiger partial charge is 0.416 e. The summed E-state index contributed by atoms with van der Waals surface area (Å²) in [5.41, 5.74) is -1.53. The zero-order chi connectivity index (χ0) is 52.9. The Bertz CT molecular complexity index is 2790. The van der Waals surface area contributed by atoms with E-state index < -0.39 is 100 Å². The molecule has 390 valence electrons. The molecule has 4 aromatic rings. The van der Waals surface area contributed by atoms with Crippen LogP contribution in [-0.4, -0.2) is 64.5 Å². The largest absolute Gasteiger partial charge is 0.482 e. The predicted octanol–water partition coefficient (Wildman–Crippen LogP) is 11.0. The molecule has 6 rings (SSSR count). The van der Waals surface area contributed by atoms with E-state index in [2.05, 4.69) is 4.72 Å². The number of sulfonamides is 2. The second-order valence-electron chi connectivity index (χ2n) is 18.9. The lowest BCUT2D eigenvalue weighted by Gasteiger charge is -2.29. The lowest BCUT2D eigenvalue weighted by molar-refractivity contribution is -0.158. The Hall–Kier alpha value is -5.32. The molecular formula is C49H56F8N2O10S2. The van der Waals surface area contributed by atoms with Crippen LogP contribution in [0.4, 0.5) is 35.1 Å². The zero-order valence-corrected chi connectivity index (χ0v) is 41.7. The van der Waals surface area contributed by atoms with Crippen LogP contribution in [0.15, 0.2) is 82.6 Å². The van der Waals surface area contributed by atoms with Gasteiger partial charge in [-0.25, -0.2) is 39.9 Å². The minimum absolute atomic E-state index is 0.244. The lowest BCUT2D eigenvalue weighted by atomic mass is 9.98. The van der Waals surface area contributed by atoms with Gasteiger partial charge in [0.2, 0.25) is 20.0 Å². The number of benzene rings is 4. The van der Waals surface area contributed by atoms with Gasteiger partial charge in [-0.3, -0.25) is 0 Å². The van der Waals surface area contributed by atoms with E-state index in [0.29, 0.717) is 109 Å². The van der Waals surface area contributed by atoms with Crippen LogP contribution in [0.5, 0.6) is 11.5 Å². The fourth-order valence-electron chi connectivity index (χ4n) is 8.07. The highest BCUT2D eigenvalue weighted by Crippen LogP contribution is 2.41. The molecule has 0 heterocycles. The van der Waals surface area contributed by atoms with Crippen molar-refractivity contribution in [3.05, 3.63) is 118 Å². The average Bonchev–Trinajstić information content (AvgIpc) is 3.59. The summed E-state index contributed by atoms with van der Waals surface area (Å²) in [5.74, 6) is -2.93. The molecule has 0 saturated heterocycles. The molecule has 0 bridgehead atoms. The number of alkyl halides is 6. The van der Waals surface area contributed by atoms with Crippen LogP contribution in [-0.2, 0) is 64.3 Å². The van der Waals surface area contributed by atoms with Crippen molar-refractivity contribution in [2.45, 2.75) is 138 Å². The first kappa shape index (κ1) is 56.6. The second-order valence-corrected chi connectivity index (χ2v) is 22.7. The Labute approximate surface area is 408 Å². The van der Waals surface area contributed by atoms with E-state index in [0.717, 1.165) is 4.31 Å². The molecule has 0 aromatic heterocycles. The molecule has 0 saturated carbocycles. The number of carbonyl (C=O) groups is 2. The van der Waals surface area contributed by atoms with Crippen molar-refractivity contribution in [2.75, 3.05) is 20.3 Å². The fraction of sp³-hybridized carbons (Fsp3) is 0.469. The van der Waals surface area contributed by atoms with Gasteiger partial charge in [0.15, 0.2) is 13.2 Å². The van der Waals surface area contributed by atoms with E-state index in [4.69, 9.17) is 18.9 Å². The van der Waals surface area contributed by atoms with Crippen LogP contribution >= 0.6 is 0 Å². The fourth-order valence-corrected chi connectivity index (χ4v) is 10.8. The van der Waals surface area contributed by atoms with E-state index in [1.807, 2.05) is 0 Å². The van der Waals surface area contributed by atoms with Gasteiger partial charge in [-0.05, 0) is 151 Å². The van der Waals surface area contributed by atoms with Crippen molar-refractivity contribution in [3.63, 3.8) is 0 Å². The third-order valence-corrected chi connectivity index (χ3v) is 14.3. The number of ether oxygens (including phenoxy) is 4. The Morgan fingerprint density at radius 1 is 0.620 bits per heavy atom. The summed E-state index contributed by atoms with van der Waals surface area (Å²) in [4.78, 5) is 22.6. The molecule has 0 amide bonds. The molecule has 12 nitrogen and oxygen atoms in total. The summed E-state index contributed by atoms with van der Waals surface area (Å²) in [6.07, 6.45) is -5.23. The number of hydrogen-bond donors (Lipinski definition) is 1. The lowest BCUT2D eigenvalue weighted by Crippen LogP contribution is -2.32. The van der Waals surface area contributed by atoms with Crippen LogP contribution in [0, 0.1) is 11.6 Å². The van der Waals surface area contributed by atoms with Gasteiger partial charge in [-0.15, -0.1) is 0 Å². The van der Waals surface area contributed by atoms with E-state index >= 15 is 0 Å². The topological polar surface area (TPSA) is 155 Å². The summed E-state index contributed by atoms with van der Waals surface area (Å²) in [5, 5.41) is 0. The van der Waals surface area contributed by atoms with Crippen molar-refractivity contribution >= 4 is 32.0 Å². The highest BCUT2D eigenvalue weighted by Gasteiger charge is 2.37. The first-order valence-corrected chi connectivity index (χ1v) is 25.4. The number of esters is 2. The van der Waals surface area contributed by atoms with Gasteiger partial charge in [0, 0.05) is 13.1 Å². The van der Waals surface area contributed by atoms with Crippen LogP contribution < -0.4 is 14.2 Å². The monoisotopic (exact) mass is 1050 g/mol. The van der Waals surface area contributed by atoms with Crippen LogP contribution in [0.25, 0.3) is 0 Å². The number of halogens is 8. The summed E-state index contributed by atoms with van der Waals surface area (Å²) in [6.45, 7) is 9.71. The standard InChI is InChI=1S/C25H29F4NO5S.C24H27F4NO5S/c1-24(2,3)35-23(31)15-34-22-11-7-9-19-20(22)8-5-6-10-21(19)30(4)36(32,33)18-13-16(25(27,28)29)12-17(26)14-18;1-23(2,3)34-22(30)14-33-21-10-6-8-18-19(21)7-4-5-9-20(18)29-35(31,32)17-12-15(24(26,27)28)11-16(25)13-17/h7,9,11-14,21H,5-6,8,10,15H2,1-4H3;6,8,10-13,20,29H,4-5,7,9,14H2,1-3H3. The molecule has 1 N–H and O–H groups in total. The van der Waals surface area contributed by atoms with Crippen molar-refractivity contribution in [2.24, 2.45) is 0 Å². The molecule has 0 aliphatic heterocycles. The minimum atomic E-state index is -4.90. The van der Waals surface area contributed by atoms with E-state index in [9.17, 15) is 61.5 Å². The molecule has 71 heavy (non-hydrogen) atoms. The van der Waals surface area contributed by atoms with E-state index in [1.165, 1.54) is 7.05 Å². The first-order chi connectivity index (χ1) is 32.7. The Kier molecular flexibility index (Phi) is 17.7. The molecule has 2 aliphatic rings. The van der Waals surface area contributed by atoms with Crippen LogP contribution in [0.2, 0.25) is 0 Å². The predicted molar refractivity (Wildman–Crippen MR) is 244 cm³/mol. The van der Waals surface area contributed by atoms with Gasteiger partial charge in [0.1, 0.15) is 34.3 Å². The van der Waals surface area contributed by atoms with Gasteiger partial charge in [0.25, 0.3) is 0 Å². The van der Waals surface area contributed by atoms with Crippen molar-refractivity contribution in [1.29, 1.82) is 0 Å². The number of rotatable bonds is 12. The van der Waals surface area contributed by atoms with Crippen molar-refractivity contribution < 1.29 is 80.5 Å². The van der Waals surface area contributed by atoms with Crippen LogP contribution in [0.3, 0.4) is 0 Å². The zero-order valence-electron chi connectivity index (χ0n) is 40.0. The molecule has 0 radical (unpaired) electrons. The molecule has 2 atom stereocenters. The third-order valence-electron chi connectivity index (χ3n) is 11.0. The van der Waals surface area contributed by atoms with Gasteiger partial charge in [-0.2, -0.15) is 30.6 Å². The average molecular weight is 1050 g/mol. The van der Waals surface area contributed by atoms with Crippen LogP contribution in [0.1, 0.15) is 126 Å². The van der Waals surface area contributed by atoms with Crippen molar-refractivity contribution in [1.82, 2.24) is 9.03 Å². The SMILES string of the molecule is CC(C)(C)OC(=O)COc1cccc2c1CCCCC2NS(=O)(=O)c1cc(F)cc(C(F)(F)F)c1.CN(C1CCCCc2c(OCC(=O)OC(C)(C)C)cccc21)S(=O)(=O)c1cc(F)cc(C(F)(F)F)c1. The maximum Gasteiger partial charge on any atom is 0.416 e. The third kappa shape index (κ3) is 15.6. The van der Waals surface area contributed by atoms with Gasteiger partial charge >= 0.3 is 24.3 Å². The van der Waals surface area contributed by atoms with Gasteiger partial charge in [-0.1, -0.05) is 37.1 Å². The second kappa shape index (κ2) is 22.2. The van der Waals surface area contributed by atoms with Gasteiger partial charge in [0.05, 0.1) is 27.0 Å². The summed E-state index contributed by atoms with van der Waals surface area (Å²) in [7, 11) is -7.71. The molecule has 4 aromatic carbocycles. The number of fused-ring (bicyclic) bond motifs is 2. The Morgan fingerprint density at radius 2 is 1.06 bits per heavy atom. The normalized spacial score (nSPS) is 16.8. The summed E-state index contributed by atoms with van der Waals surface area (Å²) in [6, 6.07) is 11.0. The maximum atomic E-state index is 14.0. The quantitative estimate of drug-likeness (QED) is 0.0824. The number of nitrogens with one attached hydrogen (secondary N) is 1. The highest BCUT2D eigenvalue weighted by atomic mass is 32.2. The molecule has 2 aliphatic carbocycles. The minimum Gasteiger partial charge on any atom is -0.482 e. The molecular weight excluding hydrogens is 993 g/mol. The summed E-state index contributed by atoms with van der Waals surface area (Å²) < 4.78 is 184. The molecule has 0 spiro atoms. The summed E-state index contributed by atoms with van der Waals surface area (Å²) >= 11 is 0. The van der Waals surface area contributed by atoms with E-state index in [-0.39, 0.29) is 25.3 Å². The Balaban J connectivity index is 0.000000264. The first-order valence-electron chi connectivity index (χ1n) is 22.4. The van der Waals surface area contributed by atoms with E-state index in [1.54, 1.807) is 77.9 Å². The molecule has 22 heteroatoms. The molecule has 2 unspecified atom stereocenters. The van der Waals surface area contributed by atoms with Gasteiger partial charge < -0.3 is 18.9 Å². The maximum absolute atomic E-state index is 14.0. The highest BCUT2D eigenvalue weighted by molar-refractivity contribution is 7.89. The number of hydrogen-bond acceptors (Lipinski definition) is 10. The van der Waals surface area contributed by atoms with Crippen molar-refractivity contribution in [3.8, 4) is 11.5 Å². The molecule has 0 fully saturated rings. The number of carbonyl (C=O) groups excluding carboxylic acids is 2. The Morgan fingerprint density at radius 3 is 1.54 bits per heavy atom. The number of nitrogens with zero attached hydrogens (tertiary/aromatic N) is 1.